The molecule has 0 saturated carbocycles. The molecule has 0 bridgehead atoms. The number of para-hydroxylation sites is 2. The van der Waals surface area contributed by atoms with Gasteiger partial charge in [0.25, 0.3) is 0 Å². The molecule has 0 spiro atoms. The lowest BCUT2D eigenvalue weighted by molar-refractivity contribution is 0.620. The first-order chi connectivity index (χ1) is 34.7. The fourth-order valence-electron chi connectivity index (χ4n) is 10.7. The van der Waals surface area contributed by atoms with E-state index in [0.717, 1.165) is 67.2 Å². The minimum absolute atomic E-state index is 0.610. The van der Waals surface area contributed by atoms with Crippen LogP contribution in [0, 0.1) is 0 Å². The molecule has 12 aromatic carbocycles. The van der Waals surface area contributed by atoms with Crippen LogP contribution in [0.3, 0.4) is 0 Å². The number of nitrogens with zero attached hydrogens (tertiary/aromatic N) is 4. The van der Waals surface area contributed by atoms with Crippen LogP contribution in [0.5, 0.6) is 0 Å². The van der Waals surface area contributed by atoms with Gasteiger partial charge < -0.3 is 18.8 Å². The number of fused-ring (bicyclic) bond motifs is 9. The van der Waals surface area contributed by atoms with Crippen molar-refractivity contribution in [1.82, 2.24) is 9.55 Å². The van der Waals surface area contributed by atoms with E-state index in [4.69, 9.17) is 9.40 Å². The van der Waals surface area contributed by atoms with E-state index in [1.807, 2.05) is 30.3 Å². The fourth-order valence-corrected chi connectivity index (χ4v) is 10.7. The van der Waals surface area contributed by atoms with E-state index >= 15 is 0 Å². The first-order valence-corrected chi connectivity index (χ1v) is 23.8. The van der Waals surface area contributed by atoms with Crippen LogP contribution >= 0.6 is 0 Å². The highest BCUT2D eigenvalue weighted by atomic mass is 16.3. The maximum Gasteiger partial charge on any atom is 0.227 e. The molecule has 2 heterocycles. The van der Waals surface area contributed by atoms with Crippen molar-refractivity contribution < 1.29 is 4.42 Å². The Kier molecular flexibility index (Phi) is 9.14. The first kappa shape index (κ1) is 39.7. The highest BCUT2D eigenvalue weighted by Crippen LogP contribution is 2.45. The first-order valence-electron chi connectivity index (χ1n) is 23.8. The Morgan fingerprint density at radius 3 is 1.49 bits per heavy atom. The lowest BCUT2D eigenvalue weighted by Crippen LogP contribution is -2.11. The smallest absolute Gasteiger partial charge is 0.227 e. The van der Waals surface area contributed by atoms with Crippen LogP contribution in [-0.2, 0) is 0 Å². The van der Waals surface area contributed by atoms with Gasteiger partial charge in [-0.2, -0.15) is 0 Å². The van der Waals surface area contributed by atoms with Crippen molar-refractivity contribution in [3.8, 4) is 17.1 Å². The largest absolute Gasteiger partial charge is 0.436 e. The third-order valence-electron chi connectivity index (χ3n) is 13.9. The predicted molar refractivity (Wildman–Crippen MR) is 293 cm³/mol. The molecule has 70 heavy (non-hydrogen) atoms. The van der Waals surface area contributed by atoms with Crippen molar-refractivity contribution in [1.29, 1.82) is 0 Å². The van der Waals surface area contributed by atoms with Crippen LogP contribution < -0.4 is 9.80 Å². The summed E-state index contributed by atoms with van der Waals surface area (Å²) in [7, 11) is 0. The summed E-state index contributed by atoms with van der Waals surface area (Å²) < 4.78 is 8.81. The third kappa shape index (κ3) is 6.51. The minimum Gasteiger partial charge on any atom is -0.436 e. The van der Waals surface area contributed by atoms with Gasteiger partial charge in [0.2, 0.25) is 5.89 Å². The van der Waals surface area contributed by atoms with Gasteiger partial charge in [-0.1, -0.05) is 152 Å². The molecule has 0 radical (unpaired) electrons. The van der Waals surface area contributed by atoms with Crippen molar-refractivity contribution in [3.05, 3.63) is 255 Å². The van der Waals surface area contributed by atoms with Crippen LogP contribution in [0.4, 0.5) is 34.1 Å². The minimum atomic E-state index is 0.610. The van der Waals surface area contributed by atoms with E-state index < -0.39 is 0 Å². The lowest BCUT2D eigenvalue weighted by atomic mass is 9.99. The van der Waals surface area contributed by atoms with E-state index in [0.29, 0.717) is 5.89 Å². The van der Waals surface area contributed by atoms with Crippen molar-refractivity contribution in [2.75, 3.05) is 9.80 Å². The van der Waals surface area contributed by atoms with E-state index in [1.54, 1.807) is 0 Å². The average Bonchev–Trinajstić information content (AvgIpc) is 4.01. The Labute approximate surface area is 403 Å². The van der Waals surface area contributed by atoms with Crippen LogP contribution in [-0.4, -0.2) is 9.55 Å². The molecule has 5 nitrogen and oxygen atoms in total. The van der Waals surface area contributed by atoms with Gasteiger partial charge in [-0.05, 0) is 129 Å². The molecule has 14 rings (SSSR count). The lowest BCUT2D eigenvalue weighted by Gasteiger charge is -2.28. The maximum atomic E-state index is 6.44. The molecule has 0 fully saturated rings. The summed E-state index contributed by atoms with van der Waals surface area (Å²) >= 11 is 0. The topological polar surface area (TPSA) is 37.4 Å². The zero-order chi connectivity index (χ0) is 46.1. The van der Waals surface area contributed by atoms with Gasteiger partial charge in [-0.15, -0.1) is 0 Å². The quantitative estimate of drug-likeness (QED) is 0.142. The molecule has 0 saturated heterocycles. The summed E-state index contributed by atoms with van der Waals surface area (Å²) in [6, 6.07) is 91.5. The van der Waals surface area contributed by atoms with Crippen LogP contribution in [0.25, 0.3) is 93.1 Å². The molecule has 5 heteroatoms. The highest BCUT2D eigenvalue weighted by molar-refractivity contribution is 6.13. The second-order valence-corrected chi connectivity index (χ2v) is 18.0. The summed E-state index contributed by atoms with van der Waals surface area (Å²) in [5.74, 6) is 0.610. The number of benzene rings is 12. The summed E-state index contributed by atoms with van der Waals surface area (Å²) in [4.78, 5) is 9.63. The molecule has 0 atom stereocenters. The summed E-state index contributed by atoms with van der Waals surface area (Å²) in [5.41, 5.74) is 12.4. The molecule has 0 aliphatic carbocycles. The third-order valence-corrected chi connectivity index (χ3v) is 13.9. The maximum absolute atomic E-state index is 6.44. The molecule has 328 valence electrons. The molecule has 0 N–H and O–H groups in total. The zero-order valence-corrected chi connectivity index (χ0v) is 37.9. The van der Waals surface area contributed by atoms with E-state index in [-0.39, 0.29) is 0 Å². The summed E-state index contributed by atoms with van der Waals surface area (Å²) in [6.45, 7) is 0. The molecule has 14 aromatic rings. The molecular formula is C65H42N4O. The molecule has 0 aliphatic rings. The normalized spacial score (nSPS) is 11.7. The number of hydrogen-bond acceptors (Lipinski definition) is 4. The number of rotatable bonds is 8. The van der Waals surface area contributed by atoms with Gasteiger partial charge in [-0.25, -0.2) is 4.98 Å². The van der Waals surface area contributed by atoms with E-state index in [1.165, 1.54) is 54.1 Å². The number of hydrogen-bond donors (Lipinski definition) is 0. The Hall–Kier alpha value is -9.45. The van der Waals surface area contributed by atoms with Crippen molar-refractivity contribution in [2.45, 2.75) is 0 Å². The van der Waals surface area contributed by atoms with Gasteiger partial charge in [0.1, 0.15) is 5.52 Å². The van der Waals surface area contributed by atoms with Crippen LogP contribution in [0.15, 0.2) is 259 Å². The second kappa shape index (κ2) is 16.1. The SMILES string of the molecule is c1ccc(-c2nc3ccc(N(c4ccc5c(ccc6cc(N(c7ccc8c(c7)c7ccccc7n8-c7ccccc7)c7cccc8ccccc78)ccc65)c4)c4cccc5ccccc45)cc3o2)cc1. The Balaban J connectivity index is 0.910. The average molecular weight is 895 g/mol. The molecular weight excluding hydrogens is 853 g/mol. The van der Waals surface area contributed by atoms with Crippen molar-refractivity contribution >= 4 is 110 Å². The molecule has 2 aromatic heterocycles. The second-order valence-electron chi connectivity index (χ2n) is 18.0. The Morgan fingerprint density at radius 2 is 0.829 bits per heavy atom. The van der Waals surface area contributed by atoms with E-state index in [2.05, 4.69) is 239 Å². The Bertz CT molecular complexity index is 4310. The predicted octanol–water partition coefficient (Wildman–Crippen LogP) is 18.1. The van der Waals surface area contributed by atoms with Gasteiger partial charge in [-0.3, -0.25) is 0 Å². The molecule has 0 amide bonds. The monoisotopic (exact) mass is 894 g/mol. The van der Waals surface area contributed by atoms with E-state index in [9.17, 15) is 0 Å². The standard InChI is InChI=1S/C65H42N4O/c1-3-17-45(18-4-1)65-66-59-37-33-52(42-64(59)70-65)68(61-28-14-20-44-16-8-10-24-56(44)61)50-32-36-54-47(40-50)30-29-46-39-49(31-35-53(46)54)67(60-27-13-19-43-15-7-9-23-55(43)60)51-34-38-63-58(41-51)57-25-11-12-26-62(57)69(63)48-21-5-2-6-22-48/h1-42H. The Morgan fingerprint density at radius 1 is 0.329 bits per heavy atom. The highest BCUT2D eigenvalue weighted by Gasteiger charge is 2.22. The van der Waals surface area contributed by atoms with Gasteiger partial charge >= 0.3 is 0 Å². The van der Waals surface area contributed by atoms with Crippen molar-refractivity contribution in [2.24, 2.45) is 0 Å². The summed E-state index contributed by atoms with van der Waals surface area (Å²) in [6.07, 6.45) is 0. The number of oxazole rings is 1. The van der Waals surface area contributed by atoms with Crippen LogP contribution in [0.2, 0.25) is 0 Å². The molecule has 0 aliphatic heterocycles. The molecule has 0 unspecified atom stereocenters. The van der Waals surface area contributed by atoms with Crippen molar-refractivity contribution in [3.63, 3.8) is 0 Å². The number of aromatic nitrogens is 2. The zero-order valence-electron chi connectivity index (χ0n) is 37.9. The summed E-state index contributed by atoms with van der Waals surface area (Å²) in [5, 5.41) is 11.9. The van der Waals surface area contributed by atoms with Crippen LogP contribution in [0.1, 0.15) is 0 Å². The van der Waals surface area contributed by atoms with Gasteiger partial charge in [0.05, 0.1) is 28.1 Å². The fraction of sp³-hybridized carbons (Fsp3) is 0. The van der Waals surface area contributed by atoms with Gasteiger partial charge in [0, 0.05) is 55.9 Å². The number of anilines is 6. The van der Waals surface area contributed by atoms with Gasteiger partial charge in [0.15, 0.2) is 5.58 Å².